The molecule has 0 aliphatic carbocycles. The van der Waals surface area contributed by atoms with Gasteiger partial charge in [-0.3, -0.25) is 0 Å². The summed E-state index contributed by atoms with van der Waals surface area (Å²) in [5.74, 6) is -3.18. The van der Waals surface area contributed by atoms with Crippen LogP contribution in [0, 0.1) is 0 Å². The molecule has 0 radical (unpaired) electrons. The van der Waals surface area contributed by atoms with Crippen molar-refractivity contribution in [3.05, 3.63) is 23.9 Å². The molecule has 0 saturated heterocycles. The maximum absolute atomic E-state index is 12.4. The van der Waals surface area contributed by atoms with Crippen LogP contribution < -0.4 is 0 Å². The number of nitrogens with zero attached hydrogens (tertiary/aromatic N) is 1. The van der Waals surface area contributed by atoms with Crippen LogP contribution in [0.1, 0.15) is 13.8 Å². The van der Waals surface area contributed by atoms with E-state index in [-0.39, 0.29) is 5.71 Å². The molecule has 0 aromatic rings. The van der Waals surface area contributed by atoms with Gasteiger partial charge in [-0.2, -0.15) is 13.2 Å². The zero-order valence-corrected chi connectivity index (χ0v) is 7.61. The Morgan fingerprint density at radius 2 is 1.71 bits per heavy atom. The van der Waals surface area contributed by atoms with Gasteiger partial charge in [-0.1, -0.05) is 6.58 Å². The molecule has 0 amide bonds. The van der Waals surface area contributed by atoms with Crippen molar-refractivity contribution in [2.45, 2.75) is 20.0 Å². The molecule has 2 nitrogen and oxygen atoms in total. The molecule has 0 aliphatic rings. The van der Waals surface area contributed by atoms with Crippen LogP contribution in [0.25, 0.3) is 0 Å². The lowest BCUT2D eigenvalue weighted by molar-refractivity contribution is -0.0937. The molecule has 14 heavy (non-hydrogen) atoms. The first-order chi connectivity index (χ1) is 6.16. The van der Waals surface area contributed by atoms with Gasteiger partial charge in [-0.05, 0) is 13.8 Å². The topological polar surface area (TPSA) is 32.6 Å². The molecule has 0 rings (SSSR count). The van der Waals surface area contributed by atoms with Gasteiger partial charge >= 0.3 is 6.18 Å². The van der Waals surface area contributed by atoms with Crippen molar-refractivity contribution in [1.82, 2.24) is 0 Å². The molecule has 0 fully saturated rings. The van der Waals surface area contributed by atoms with Crippen molar-refractivity contribution in [3.8, 4) is 0 Å². The van der Waals surface area contributed by atoms with Crippen molar-refractivity contribution in [2.24, 2.45) is 4.99 Å². The fourth-order valence-corrected chi connectivity index (χ4v) is 0.670. The highest BCUT2D eigenvalue weighted by molar-refractivity contribution is 5.80. The average molecular weight is 211 g/mol. The molecular formula is C8H9F4NO. The lowest BCUT2D eigenvalue weighted by Crippen LogP contribution is -2.14. The third-order valence-electron chi connectivity index (χ3n) is 1.11. The predicted octanol–water partition coefficient (Wildman–Crippen LogP) is 3.28. The summed E-state index contributed by atoms with van der Waals surface area (Å²) in [5, 5.41) is 8.86. The predicted molar refractivity (Wildman–Crippen MR) is 44.7 cm³/mol. The number of rotatable bonds is 2. The summed E-state index contributed by atoms with van der Waals surface area (Å²) < 4.78 is 48.6. The van der Waals surface area contributed by atoms with Crippen molar-refractivity contribution in [1.29, 1.82) is 0 Å². The molecule has 80 valence electrons. The van der Waals surface area contributed by atoms with Gasteiger partial charge in [0.1, 0.15) is 5.83 Å². The minimum Gasteiger partial charge on any atom is -0.493 e. The quantitative estimate of drug-likeness (QED) is 0.323. The van der Waals surface area contributed by atoms with E-state index in [1.165, 1.54) is 13.8 Å². The zero-order valence-electron chi connectivity index (χ0n) is 7.61. The third-order valence-corrected chi connectivity index (χ3v) is 1.11. The Balaban J connectivity index is 5.41. The molecule has 1 N–H and O–H groups in total. The van der Waals surface area contributed by atoms with E-state index in [1.807, 2.05) is 0 Å². The Hall–Kier alpha value is -1.33. The summed E-state index contributed by atoms with van der Waals surface area (Å²) in [7, 11) is 0. The number of hydrogen-bond acceptors (Lipinski definition) is 2. The van der Waals surface area contributed by atoms with Gasteiger partial charge in [0.15, 0.2) is 5.57 Å². The van der Waals surface area contributed by atoms with E-state index in [2.05, 4.69) is 11.6 Å². The van der Waals surface area contributed by atoms with Crippen LogP contribution in [0.3, 0.4) is 0 Å². The van der Waals surface area contributed by atoms with Crippen LogP contribution in [-0.2, 0) is 0 Å². The van der Waals surface area contributed by atoms with Crippen LogP contribution in [-0.4, -0.2) is 17.0 Å². The summed E-state index contributed by atoms with van der Waals surface area (Å²) >= 11 is 0. The maximum Gasteiger partial charge on any atom is 0.424 e. The van der Waals surface area contributed by atoms with E-state index in [4.69, 9.17) is 5.11 Å². The molecule has 0 unspecified atom stereocenters. The number of aliphatic hydroxyl groups is 1. The number of halogens is 4. The standard InChI is InChI=1S/C8H9F4NO/c1-4(2)13-7(14)6(5(3)9)8(10,11)12/h14H,3H2,1-2H3/b7-6-. The van der Waals surface area contributed by atoms with Crippen LogP contribution in [0.15, 0.2) is 28.9 Å². The molecular weight excluding hydrogens is 202 g/mol. The fourth-order valence-electron chi connectivity index (χ4n) is 0.670. The Labute approximate surface area is 78.3 Å². The Bertz CT molecular complexity index is 297. The molecule has 0 spiro atoms. The van der Waals surface area contributed by atoms with E-state index >= 15 is 0 Å². The smallest absolute Gasteiger partial charge is 0.424 e. The molecule has 6 heteroatoms. The van der Waals surface area contributed by atoms with Gasteiger partial charge in [0.05, 0.1) is 0 Å². The van der Waals surface area contributed by atoms with E-state index in [1.54, 1.807) is 0 Å². The van der Waals surface area contributed by atoms with Crippen molar-refractivity contribution in [2.75, 3.05) is 0 Å². The lowest BCUT2D eigenvalue weighted by atomic mass is 10.2. The second-order valence-electron chi connectivity index (χ2n) is 2.66. The lowest BCUT2D eigenvalue weighted by Gasteiger charge is -2.09. The first-order valence-electron chi connectivity index (χ1n) is 3.53. The summed E-state index contributed by atoms with van der Waals surface area (Å²) in [5.41, 5.74) is -1.68. The zero-order chi connectivity index (χ0) is 11.5. The number of aliphatic imine (C=N–C) groups is 1. The second kappa shape index (κ2) is 4.26. The van der Waals surface area contributed by atoms with E-state index < -0.39 is 23.5 Å². The largest absolute Gasteiger partial charge is 0.493 e. The normalized spacial score (nSPS) is 13.3. The van der Waals surface area contributed by atoms with Crippen molar-refractivity contribution in [3.63, 3.8) is 0 Å². The molecule has 0 aromatic heterocycles. The molecule has 0 bridgehead atoms. The highest BCUT2D eigenvalue weighted by Crippen LogP contribution is 2.33. The molecule has 0 heterocycles. The average Bonchev–Trinajstić information content (AvgIpc) is 1.78. The van der Waals surface area contributed by atoms with Gasteiger partial charge in [-0.25, -0.2) is 9.38 Å². The Morgan fingerprint density at radius 3 is 1.93 bits per heavy atom. The number of aliphatic hydroxyl groups excluding tert-OH is 1. The molecule has 0 aromatic carbocycles. The van der Waals surface area contributed by atoms with E-state index in [9.17, 15) is 17.6 Å². The number of hydrogen-bond donors (Lipinski definition) is 1. The maximum atomic E-state index is 12.4. The van der Waals surface area contributed by atoms with E-state index in [0.717, 1.165) is 0 Å². The molecule has 0 aliphatic heterocycles. The minimum atomic E-state index is -5.01. The molecule has 0 atom stereocenters. The first kappa shape index (κ1) is 12.7. The van der Waals surface area contributed by atoms with Crippen LogP contribution >= 0.6 is 0 Å². The summed E-state index contributed by atoms with van der Waals surface area (Å²) in [6.45, 7) is 5.21. The highest BCUT2D eigenvalue weighted by Gasteiger charge is 2.39. The summed E-state index contributed by atoms with van der Waals surface area (Å²) in [4.78, 5) is 3.10. The van der Waals surface area contributed by atoms with Crippen LogP contribution in [0.5, 0.6) is 0 Å². The van der Waals surface area contributed by atoms with Crippen LogP contribution in [0.2, 0.25) is 0 Å². The number of allylic oxidation sites excluding steroid dienone is 2. The fraction of sp³-hybridized carbons (Fsp3) is 0.375. The summed E-state index contributed by atoms with van der Waals surface area (Å²) in [6.07, 6.45) is -5.01. The van der Waals surface area contributed by atoms with Crippen molar-refractivity contribution >= 4 is 5.71 Å². The van der Waals surface area contributed by atoms with Gasteiger partial charge in [-0.15, -0.1) is 0 Å². The highest BCUT2D eigenvalue weighted by atomic mass is 19.4. The van der Waals surface area contributed by atoms with Crippen LogP contribution in [0.4, 0.5) is 17.6 Å². The Morgan fingerprint density at radius 1 is 1.29 bits per heavy atom. The monoisotopic (exact) mass is 211 g/mol. The van der Waals surface area contributed by atoms with E-state index in [0.29, 0.717) is 0 Å². The van der Waals surface area contributed by atoms with Crippen molar-refractivity contribution < 1.29 is 22.7 Å². The SMILES string of the molecule is C=C(F)/C(=C(/O)N=C(C)C)C(F)(F)F. The van der Waals surface area contributed by atoms with Gasteiger partial charge < -0.3 is 5.11 Å². The molecule has 0 saturated carbocycles. The first-order valence-corrected chi connectivity index (χ1v) is 3.53. The van der Waals surface area contributed by atoms with Gasteiger partial charge in [0.2, 0.25) is 5.88 Å². The third kappa shape index (κ3) is 3.59. The minimum absolute atomic E-state index is 0.172. The van der Waals surface area contributed by atoms with Gasteiger partial charge in [0.25, 0.3) is 0 Å². The Kier molecular flexibility index (Phi) is 3.85. The van der Waals surface area contributed by atoms with Gasteiger partial charge in [0, 0.05) is 5.71 Å². The summed E-state index contributed by atoms with van der Waals surface area (Å²) in [6, 6.07) is 0. The second-order valence-corrected chi connectivity index (χ2v) is 2.66. The number of alkyl halides is 3.